The van der Waals surface area contributed by atoms with Gasteiger partial charge in [-0.25, -0.2) is 0 Å². The molecule has 67 heavy (non-hydrogen) atoms. The van der Waals surface area contributed by atoms with Gasteiger partial charge in [0.1, 0.15) is 0 Å². The van der Waals surface area contributed by atoms with Gasteiger partial charge in [0.25, 0.3) is 0 Å². The highest BCUT2D eigenvalue weighted by molar-refractivity contribution is 5.76. The molecule has 3 N–H and O–H groups in total. The van der Waals surface area contributed by atoms with E-state index >= 15 is 0 Å². The smallest absolute Gasteiger partial charge is 0.305 e. The number of carbonyl (C=O) groups excluding carboxylic acids is 2. The highest BCUT2D eigenvalue weighted by Crippen LogP contribution is 2.18. The average Bonchev–Trinajstić information content (AvgIpc) is 3.33. The third kappa shape index (κ3) is 53.5. The quantitative estimate of drug-likeness (QED) is 0.0321. The van der Waals surface area contributed by atoms with Crippen LogP contribution in [-0.2, 0) is 14.3 Å². The summed E-state index contributed by atoms with van der Waals surface area (Å²) in [6.45, 7) is 4.89. The Morgan fingerprint density at radius 1 is 0.418 bits per heavy atom. The maximum atomic E-state index is 12.5. The van der Waals surface area contributed by atoms with Crippen LogP contribution >= 0.6 is 0 Å². The Hall–Kier alpha value is -1.66. The Kier molecular flexibility index (Phi) is 55.5. The molecule has 0 rings (SSSR count). The molecule has 0 saturated carbocycles. The highest BCUT2D eigenvalue weighted by Gasteiger charge is 2.20. The predicted octanol–water partition coefficient (Wildman–Crippen LogP) is 18.6. The molecule has 0 aromatic rings. The number of hydrogen-bond donors (Lipinski definition) is 3. The standard InChI is InChI=1S/C61H117NO5/c1-3-5-7-9-11-13-15-17-19-21-23-24-25-27-28-30-32-34-37-41-45-49-53-59(64)58(57-63)62-60(65)54-50-46-42-38-36-40-44-48-52-56-67-61(66)55-51-47-43-39-35-33-31-29-26-22-20-18-16-14-12-10-8-6-4-2/h12,14,18,20,58-59,63-64H,3-11,13,15-17,19,21-57H2,1-2H3,(H,62,65)/b14-12-,20-18-. The zero-order chi connectivity index (χ0) is 48.6. The topological polar surface area (TPSA) is 95.9 Å². The Morgan fingerprint density at radius 2 is 0.746 bits per heavy atom. The first-order chi connectivity index (χ1) is 33.0. The minimum absolute atomic E-state index is 0.0276. The third-order valence-corrected chi connectivity index (χ3v) is 14.0. The zero-order valence-electron chi connectivity index (χ0n) is 45.1. The molecule has 0 aromatic heterocycles. The van der Waals surface area contributed by atoms with Crippen molar-refractivity contribution in [3.8, 4) is 0 Å². The lowest BCUT2D eigenvalue weighted by Crippen LogP contribution is -2.45. The Balaban J connectivity index is 3.46. The van der Waals surface area contributed by atoms with Crippen molar-refractivity contribution >= 4 is 11.9 Å². The van der Waals surface area contributed by atoms with Crippen LogP contribution < -0.4 is 5.32 Å². The van der Waals surface area contributed by atoms with Crippen molar-refractivity contribution in [3.05, 3.63) is 24.3 Å². The van der Waals surface area contributed by atoms with Crippen molar-refractivity contribution in [1.29, 1.82) is 0 Å². The minimum atomic E-state index is -0.683. The largest absolute Gasteiger partial charge is 0.466 e. The molecule has 0 heterocycles. The summed E-state index contributed by atoms with van der Waals surface area (Å²) in [5.41, 5.74) is 0. The summed E-state index contributed by atoms with van der Waals surface area (Å²) in [7, 11) is 0. The van der Waals surface area contributed by atoms with Crippen LogP contribution in [0.5, 0.6) is 0 Å². The fourth-order valence-corrected chi connectivity index (χ4v) is 9.38. The number of nitrogens with one attached hydrogen (secondary N) is 1. The Labute approximate surface area is 418 Å². The van der Waals surface area contributed by atoms with E-state index in [0.717, 1.165) is 64.2 Å². The summed E-state index contributed by atoms with van der Waals surface area (Å²) in [4.78, 5) is 24.6. The molecule has 0 radical (unpaired) electrons. The van der Waals surface area contributed by atoms with Gasteiger partial charge in [-0.05, 0) is 57.8 Å². The molecule has 0 aliphatic carbocycles. The highest BCUT2D eigenvalue weighted by atomic mass is 16.5. The first-order valence-electron chi connectivity index (χ1n) is 30.1. The van der Waals surface area contributed by atoms with Gasteiger partial charge in [-0.1, -0.05) is 282 Å². The lowest BCUT2D eigenvalue weighted by Gasteiger charge is -2.22. The van der Waals surface area contributed by atoms with E-state index in [1.165, 1.54) is 231 Å². The molecule has 396 valence electrons. The van der Waals surface area contributed by atoms with Gasteiger partial charge < -0.3 is 20.3 Å². The second kappa shape index (κ2) is 56.9. The van der Waals surface area contributed by atoms with Crippen LogP contribution in [0.4, 0.5) is 0 Å². The molecule has 0 saturated heterocycles. The molecule has 0 spiro atoms. The Bertz CT molecular complexity index is 1040. The molecule has 1 amide bonds. The monoisotopic (exact) mass is 944 g/mol. The van der Waals surface area contributed by atoms with Crippen molar-refractivity contribution in [3.63, 3.8) is 0 Å². The van der Waals surface area contributed by atoms with Gasteiger partial charge in [-0.2, -0.15) is 0 Å². The maximum absolute atomic E-state index is 12.5. The van der Waals surface area contributed by atoms with Crippen LogP contribution in [0.15, 0.2) is 24.3 Å². The Morgan fingerprint density at radius 3 is 1.16 bits per heavy atom. The van der Waals surface area contributed by atoms with E-state index in [1.807, 2.05) is 0 Å². The number of amides is 1. The van der Waals surface area contributed by atoms with Crippen molar-refractivity contribution in [2.45, 2.75) is 341 Å². The van der Waals surface area contributed by atoms with Crippen LogP contribution in [0.2, 0.25) is 0 Å². The van der Waals surface area contributed by atoms with E-state index < -0.39 is 12.1 Å². The lowest BCUT2D eigenvalue weighted by atomic mass is 10.0. The van der Waals surface area contributed by atoms with Gasteiger partial charge >= 0.3 is 5.97 Å². The molecule has 6 heteroatoms. The summed E-state index contributed by atoms with van der Waals surface area (Å²) in [6, 6.07) is -0.563. The van der Waals surface area contributed by atoms with E-state index in [1.54, 1.807) is 0 Å². The third-order valence-electron chi connectivity index (χ3n) is 14.0. The van der Waals surface area contributed by atoms with Gasteiger partial charge in [0.15, 0.2) is 0 Å². The predicted molar refractivity (Wildman–Crippen MR) is 292 cm³/mol. The maximum Gasteiger partial charge on any atom is 0.305 e. The number of aliphatic hydroxyl groups excluding tert-OH is 2. The van der Waals surface area contributed by atoms with Gasteiger partial charge in [0, 0.05) is 12.8 Å². The summed E-state index contributed by atoms with van der Waals surface area (Å²) >= 11 is 0. The SMILES string of the molecule is CCCCC/C=C\C/C=C\CCCCCCCCCCCC(=O)OCCCCCCCCCCCC(=O)NC(CO)C(O)CCCCCCCCCCCCCCCCCCCCCCCC. The molecule has 0 fully saturated rings. The van der Waals surface area contributed by atoms with Gasteiger partial charge in [0.05, 0.1) is 25.4 Å². The van der Waals surface area contributed by atoms with Gasteiger partial charge in [-0.15, -0.1) is 0 Å². The van der Waals surface area contributed by atoms with E-state index in [9.17, 15) is 19.8 Å². The minimum Gasteiger partial charge on any atom is -0.466 e. The zero-order valence-corrected chi connectivity index (χ0v) is 45.1. The molecule has 0 aliphatic heterocycles. The van der Waals surface area contributed by atoms with Crippen LogP contribution in [0.3, 0.4) is 0 Å². The first kappa shape index (κ1) is 65.3. The number of rotatable bonds is 56. The fourth-order valence-electron chi connectivity index (χ4n) is 9.38. The summed E-state index contributed by atoms with van der Waals surface area (Å²) in [5.74, 6) is -0.0871. The van der Waals surface area contributed by atoms with Crippen LogP contribution in [0.1, 0.15) is 328 Å². The molecule has 0 aromatic carbocycles. The normalized spacial score (nSPS) is 12.7. The molecule has 0 bridgehead atoms. The van der Waals surface area contributed by atoms with Crippen molar-refractivity contribution in [1.82, 2.24) is 5.32 Å². The molecular weight excluding hydrogens is 827 g/mol. The van der Waals surface area contributed by atoms with E-state index in [0.29, 0.717) is 25.9 Å². The van der Waals surface area contributed by atoms with Gasteiger partial charge in [-0.3, -0.25) is 9.59 Å². The fraction of sp³-hybridized carbons (Fsp3) is 0.902. The average molecular weight is 945 g/mol. The number of unbranched alkanes of at least 4 members (excludes halogenated alkanes) is 41. The van der Waals surface area contributed by atoms with E-state index in [-0.39, 0.29) is 18.5 Å². The molecule has 2 unspecified atom stereocenters. The van der Waals surface area contributed by atoms with Crippen molar-refractivity contribution < 1.29 is 24.5 Å². The molecular formula is C61H117NO5. The number of allylic oxidation sites excluding steroid dienone is 4. The van der Waals surface area contributed by atoms with Crippen LogP contribution in [0, 0.1) is 0 Å². The number of carbonyl (C=O) groups is 2. The van der Waals surface area contributed by atoms with Gasteiger partial charge in [0.2, 0.25) is 5.91 Å². The summed E-state index contributed by atoms with van der Waals surface area (Å²) in [6.07, 6.45) is 68.8. The van der Waals surface area contributed by atoms with E-state index in [2.05, 4.69) is 43.5 Å². The lowest BCUT2D eigenvalue weighted by molar-refractivity contribution is -0.143. The molecule has 2 atom stereocenters. The first-order valence-corrected chi connectivity index (χ1v) is 30.1. The molecule has 6 nitrogen and oxygen atoms in total. The number of hydrogen-bond acceptors (Lipinski definition) is 5. The van der Waals surface area contributed by atoms with Crippen molar-refractivity contribution in [2.24, 2.45) is 0 Å². The van der Waals surface area contributed by atoms with Crippen LogP contribution in [-0.4, -0.2) is 47.4 Å². The number of esters is 1. The van der Waals surface area contributed by atoms with Crippen LogP contribution in [0.25, 0.3) is 0 Å². The number of ether oxygens (including phenoxy) is 1. The second-order valence-corrected chi connectivity index (χ2v) is 20.7. The van der Waals surface area contributed by atoms with E-state index in [4.69, 9.17) is 4.74 Å². The second-order valence-electron chi connectivity index (χ2n) is 20.7. The summed E-state index contributed by atoms with van der Waals surface area (Å²) < 4.78 is 5.47. The summed E-state index contributed by atoms with van der Waals surface area (Å²) in [5, 5.41) is 23.3. The number of aliphatic hydroxyl groups is 2. The van der Waals surface area contributed by atoms with Crippen molar-refractivity contribution in [2.75, 3.05) is 13.2 Å². The molecule has 0 aliphatic rings.